The van der Waals surface area contributed by atoms with Gasteiger partial charge in [-0.1, -0.05) is 0 Å². The molecule has 0 unspecified atom stereocenters. The number of anilines is 1. The van der Waals surface area contributed by atoms with Crippen LogP contribution in [-0.4, -0.2) is 65.9 Å². The Labute approximate surface area is 178 Å². The van der Waals surface area contributed by atoms with Gasteiger partial charge in [0.2, 0.25) is 20.9 Å². The summed E-state index contributed by atoms with van der Waals surface area (Å²) in [7, 11) is -7.77. The molecule has 1 aromatic carbocycles. The quantitative estimate of drug-likeness (QED) is 0.513. The average Bonchev–Trinajstić information content (AvgIpc) is 3.24. The highest BCUT2D eigenvalue weighted by atomic mass is 32.2. The lowest BCUT2D eigenvalue weighted by Gasteiger charge is -2.26. The van der Waals surface area contributed by atoms with Crippen LogP contribution in [0.3, 0.4) is 0 Å². The van der Waals surface area contributed by atoms with Crippen molar-refractivity contribution >= 4 is 37.6 Å². The highest BCUT2D eigenvalue weighted by Crippen LogP contribution is 2.19. The number of hydrogen-bond acceptors (Lipinski definition) is 9. The minimum Gasteiger partial charge on any atom is -0.450 e. The third-order valence-corrected chi connectivity index (χ3v) is 6.84. The Morgan fingerprint density at radius 3 is 2.26 bits per heavy atom. The molecule has 1 saturated heterocycles. The van der Waals surface area contributed by atoms with Crippen molar-refractivity contribution in [2.24, 2.45) is 5.14 Å². The number of rotatable bonds is 7. The summed E-state index contributed by atoms with van der Waals surface area (Å²) in [5.74, 6) is -2.19. The number of hydrogen-bond donors (Lipinski definition) is 2. The van der Waals surface area contributed by atoms with Crippen LogP contribution in [0, 0.1) is 0 Å². The Morgan fingerprint density at radius 1 is 1.03 bits per heavy atom. The molecule has 0 saturated carbocycles. The molecule has 1 fully saturated rings. The SMILES string of the molecule is NS(=O)(=O)c1ccc(C(=O)OCC(=O)Nc2ccc(S(=O)(=O)N3CCOCC3)cc2)o1. The van der Waals surface area contributed by atoms with Crippen LogP contribution in [0.4, 0.5) is 5.69 Å². The lowest BCUT2D eigenvalue weighted by atomic mass is 10.3. The van der Waals surface area contributed by atoms with E-state index < -0.39 is 49.4 Å². The van der Waals surface area contributed by atoms with Gasteiger partial charge in [0.05, 0.1) is 18.1 Å². The van der Waals surface area contributed by atoms with E-state index in [0.717, 1.165) is 12.1 Å². The Morgan fingerprint density at radius 2 is 1.68 bits per heavy atom. The maximum Gasteiger partial charge on any atom is 0.374 e. The van der Waals surface area contributed by atoms with Gasteiger partial charge in [0.1, 0.15) is 0 Å². The second kappa shape index (κ2) is 9.15. The molecule has 0 radical (unpaired) electrons. The summed E-state index contributed by atoms with van der Waals surface area (Å²) in [5, 5.41) is 6.71. The van der Waals surface area contributed by atoms with Crippen molar-refractivity contribution < 1.29 is 40.3 Å². The van der Waals surface area contributed by atoms with Gasteiger partial charge < -0.3 is 19.2 Å². The average molecular weight is 473 g/mol. The van der Waals surface area contributed by atoms with Crippen molar-refractivity contribution in [3.05, 3.63) is 42.2 Å². The zero-order valence-electron chi connectivity index (χ0n) is 16.0. The molecule has 1 amide bonds. The van der Waals surface area contributed by atoms with E-state index in [2.05, 4.69) is 5.32 Å². The molecule has 3 N–H and O–H groups in total. The minimum absolute atomic E-state index is 0.0716. The number of ether oxygens (including phenoxy) is 2. The number of morpholine rings is 1. The largest absolute Gasteiger partial charge is 0.450 e. The molecule has 2 heterocycles. The van der Waals surface area contributed by atoms with Gasteiger partial charge >= 0.3 is 5.97 Å². The van der Waals surface area contributed by atoms with Crippen LogP contribution >= 0.6 is 0 Å². The molecule has 0 spiro atoms. The second-order valence-corrected chi connectivity index (χ2v) is 9.76. The summed E-state index contributed by atoms with van der Waals surface area (Å²) in [6, 6.07) is 7.54. The molecule has 0 bridgehead atoms. The zero-order valence-corrected chi connectivity index (χ0v) is 17.6. The minimum atomic E-state index is -4.11. The number of carbonyl (C=O) groups is 2. The summed E-state index contributed by atoms with van der Waals surface area (Å²) in [5.41, 5.74) is 0.288. The first-order valence-corrected chi connectivity index (χ1v) is 11.8. The first kappa shape index (κ1) is 22.9. The predicted molar refractivity (Wildman–Crippen MR) is 105 cm³/mol. The number of primary sulfonamides is 1. The smallest absolute Gasteiger partial charge is 0.374 e. The van der Waals surface area contributed by atoms with Crippen molar-refractivity contribution in [2.75, 3.05) is 38.2 Å². The summed E-state index contributed by atoms with van der Waals surface area (Å²) in [6.45, 7) is 0.500. The third kappa shape index (κ3) is 5.68. The van der Waals surface area contributed by atoms with Crippen molar-refractivity contribution in [1.29, 1.82) is 0 Å². The standard InChI is InChI=1S/C17H19N3O9S2/c18-30(23,24)16-6-5-14(29-16)17(22)28-11-15(21)19-12-1-3-13(4-2-12)31(25,26)20-7-9-27-10-8-20/h1-6H,7-11H2,(H,19,21)(H2,18,23,24). The van der Waals surface area contributed by atoms with E-state index >= 15 is 0 Å². The molecule has 168 valence electrons. The number of benzene rings is 1. The number of furan rings is 1. The molecule has 0 aliphatic carbocycles. The van der Waals surface area contributed by atoms with Crippen LogP contribution in [0.2, 0.25) is 0 Å². The molecule has 12 nitrogen and oxygen atoms in total. The fourth-order valence-corrected chi connectivity index (χ4v) is 4.50. The topological polar surface area (TPSA) is 175 Å². The highest BCUT2D eigenvalue weighted by Gasteiger charge is 2.26. The van der Waals surface area contributed by atoms with Crippen LogP contribution in [-0.2, 0) is 34.3 Å². The number of nitrogens with one attached hydrogen (secondary N) is 1. The van der Waals surface area contributed by atoms with E-state index in [9.17, 15) is 26.4 Å². The maximum absolute atomic E-state index is 12.6. The molecule has 31 heavy (non-hydrogen) atoms. The first-order valence-electron chi connectivity index (χ1n) is 8.85. The number of carbonyl (C=O) groups excluding carboxylic acids is 2. The van der Waals surface area contributed by atoms with Gasteiger partial charge in [0.15, 0.2) is 6.61 Å². The van der Waals surface area contributed by atoms with Gasteiger partial charge in [0.25, 0.3) is 15.9 Å². The summed E-state index contributed by atoms with van der Waals surface area (Å²) < 4.78 is 63.4. The molecule has 3 rings (SSSR count). The Balaban J connectivity index is 1.55. The van der Waals surface area contributed by atoms with Crippen molar-refractivity contribution in [3.8, 4) is 0 Å². The van der Waals surface area contributed by atoms with Crippen molar-refractivity contribution in [3.63, 3.8) is 0 Å². The van der Waals surface area contributed by atoms with Gasteiger partial charge in [0, 0.05) is 18.8 Å². The monoisotopic (exact) mass is 473 g/mol. The number of sulfonamides is 2. The molecule has 2 aromatic rings. The first-order chi connectivity index (χ1) is 14.6. The Hall–Kier alpha value is -2.78. The van der Waals surface area contributed by atoms with Crippen molar-refractivity contribution in [1.82, 2.24) is 4.31 Å². The van der Waals surface area contributed by atoms with Gasteiger partial charge in [-0.15, -0.1) is 0 Å². The summed E-state index contributed by atoms with van der Waals surface area (Å²) in [4.78, 5) is 23.9. The van der Waals surface area contributed by atoms with E-state index in [-0.39, 0.29) is 23.7 Å². The maximum atomic E-state index is 12.6. The lowest BCUT2D eigenvalue weighted by molar-refractivity contribution is -0.119. The van der Waals surface area contributed by atoms with E-state index in [0.29, 0.717) is 13.2 Å². The number of esters is 1. The van der Waals surface area contributed by atoms with Crippen molar-refractivity contribution in [2.45, 2.75) is 9.99 Å². The fourth-order valence-electron chi connectivity index (χ4n) is 2.63. The predicted octanol–water partition coefficient (Wildman–Crippen LogP) is -0.257. The van der Waals surface area contributed by atoms with Crippen LogP contribution in [0.1, 0.15) is 10.6 Å². The van der Waals surface area contributed by atoms with Crippen LogP contribution < -0.4 is 10.5 Å². The highest BCUT2D eigenvalue weighted by molar-refractivity contribution is 7.89. The Bertz CT molecular complexity index is 1170. The summed E-state index contributed by atoms with van der Waals surface area (Å²) in [6.07, 6.45) is 0. The van der Waals surface area contributed by atoms with Gasteiger partial charge in [-0.05, 0) is 36.4 Å². The molecule has 1 aliphatic heterocycles. The van der Waals surface area contributed by atoms with E-state index in [1.165, 1.54) is 28.6 Å². The summed E-state index contributed by atoms with van der Waals surface area (Å²) >= 11 is 0. The number of nitrogens with zero attached hydrogens (tertiary/aromatic N) is 1. The van der Waals surface area contributed by atoms with Crippen LogP contribution in [0.15, 0.2) is 50.8 Å². The van der Waals surface area contributed by atoms with Crippen LogP contribution in [0.25, 0.3) is 0 Å². The number of amides is 1. The fraction of sp³-hybridized carbons (Fsp3) is 0.294. The molecule has 1 aromatic heterocycles. The zero-order chi connectivity index (χ0) is 22.6. The molecular weight excluding hydrogens is 454 g/mol. The molecular formula is C17H19N3O9S2. The number of nitrogens with two attached hydrogens (primary N) is 1. The van der Waals surface area contributed by atoms with E-state index in [1.807, 2.05) is 0 Å². The Kier molecular flexibility index (Phi) is 6.76. The van der Waals surface area contributed by atoms with Gasteiger partial charge in [-0.25, -0.2) is 26.8 Å². The van der Waals surface area contributed by atoms with Gasteiger partial charge in [-0.2, -0.15) is 4.31 Å². The molecule has 14 heteroatoms. The third-order valence-electron chi connectivity index (χ3n) is 4.14. The van der Waals surface area contributed by atoms with Crippen LogP contribution in [0.5, 0.6) is 0 Å². The van der Waals surface area contributed by atoms with E-state index in [4.69, 9.17) is 19.0 Å². The van der Waals surface area contributed by atoms with E-state index in [1.54, 1.807) is 0 Å². The molecule has 0 atom stereocenters. The second-order valence-electron chi connectivity index (χ2n) is 6.33. The van der Waals surface area contributed by atoms with Gasteiger partial charge in [-0.3, -0.25) is 4.79 Å². The molecule has 1 aliphatic rings. The normalized spacial score (nSPS) is 15.4. The lowest BCUT2D eigenvalue weighted by Crippen LogP contribution is -2.40.